The summed E-state index contributed by atoms with van der Waals surface area (Å²) in [6.45, 7) is 1.90. The maximum atomic E-state index is 11.0. The highest BCUT2D eigenvalue weighted by molar-refractivity contribution is 6.31. The zero-order valence-electron chi connectivity index (χ0n) is 6.86. The van der Waals surface area contributed by atoms with Crippen LogP contribution in [0.25, 0.3) is 0 Å². The molecular weight excluding hydrogens is 174 g/mol. The molecule has 1 aliphatic carbocycles. The van der Waals surface area contributed by atoms with Crippen LogP contribution in [0.3, 0.4) is 0 Å². The molecule has 1 N–H and O–H groups in total. The van der Waals surface area contributed by atoms with Gasteiger partial charge >= 0.3 is 0 Å². The highest BCUT2D eigenvalue weighted by atomic mass is 35.5. The van der Waals surface area contributed by atoms with Crippen molar-refractivity contribution in [2.75, 3.05) is 0 Å². The molecule has 0 aliphatic heterocycles. The summed E-state index contributed by atoms with van der Waals surface area (Å²) in [5.74, 6) is 0.592. The van der Waals surface area contributed by atoms with Gasteiger partial charge < -0.3 is 4.98 Å². The van der Waals surface area contributed by atoms with Gasteiger partial charge in [0.1, 0.15) is 0 Å². The van der Waals surface area contributed by atoms with Gasteiger partial charge in [0.2, 0.25) is 5.56 Å². The average molecular weight is 184 g/mol. The van der Waals surface area contributed by atoms with E-state index in [4.69, 9.17) is 11.6 Å². The summed E-state index contributed by atoms with van der Waals surface area (Å²) < 4.78 is 0. The van der Waals surface area contributed by atoms with Gasteiger partial charge in [-0.15, -0.1) is 0 Å². The smallest absolute Gasteiger partial charge is 0.249 e. The molecular formula is C9H10ClNO. The fourth-order valence-electron chi connectivity index (χ4n) is 1.53. The van der Waals surface area contributed by atoms with Crippen molar-refractivity contribution in [2.45, 2.75) is 25.7 Å². The van der Waals surface area contributed by atoms with Crippen LogP contribution in [0.4, 0.5) is 0 Å². The molecule has 1 aliphatic rings. The minimum atomic E-state index is -0.109. The van der Waals surface area contributed by atoms with Gasteiger partial charge in [-0.2, -0.15) is 0 Å². The van der Waals surface area contributed by atoms with E-state index < -0.39 is 0 Å². The van der Waals surface area contributed by atoms with Crippen LogP contribution in [0.5, 0.6) is 0 Å². The molecule has 64 valence electrons. The zero-order valence-corrected chi connectivity index (χ0v) is 7.61. The molecule has 0 amide bonds. The van der Waals surface area contributed by atoms with Crippen molar-refractivity contribution in [3.05, 3.63) is 32.7 Å². The molecule has 0 radical (unpaired) electrons. The number of hydrogen-bond acceptors (Lipinski definition) is 1. The lowest BCUT2D eigenvalue weighted by molar-refractivity contribution is 1.02. The van der Waals surface area contributed by atoms with Gasteiger partial charge in [-0.1, -0.05) is 11.6 Å². The van der Waals surface area contributed by atoms with Gasteiger partial charge in [-0.25, -0.2) is 0 Å². The lowest BCUT2D eigenvalue weighted by atomic mass is 10.1. The normalized spacial score (nSPS) is 16.5. The summed E-state index contributed by atoms with van der Waals surface area (Å²) >= 11 is 5.95. The Morgan fingerprint density at radius 2 is 2.25 bits per heavy atom. The molecule has 2 rings (SSSR count). The van der Waals surface area contributed by atoms with Crippen LogP contribution in [0.1, 0.15) is 30.0 Å². The Bertz CT molecular complexity index is 339. The number of aromatic nitrogens is 1. The molecule has 0 bridgehead atoms. The largest absolute Gasteiger partial charge is 0.326 e. The van der Waals surface area contributed by atoms with Crippen molar-refractivity contribution in [1.29, 1.82) is 0 Å². The number of H-pyrrole nitrogens is 1. The van der Waals surface area contributed by atoms with E-state index in [1.54, 1.807) is 0 Å². The van der Waals surface area contributed by atoms with Crippen LogP contribution < -0.4 is 5.56 Å². The van der Waals surface area contributed by atoms with Gasteiger partial charge in [0.05, 0.1) is 5.02 Å². The number of aryl methyl sites for hydroxylation is 1. The summed E-state index contributed by atoms with van der Waals surface area (Å²) in [5, 5.41) is 0.624. The third-order valence-electron chi connectivity index (χ3n) is 2.22. The molecule has 0 saturated heterocycles. The Morgan fingerprint density at radius 3 is 2.75 bits per heavy atom. The van der Waals surface area contributed by atoms with Crippen LogP contribution in [-0.2, 0) is 0 Å². The molecule has 1 heterocycles. The molecule has 1 aromatic rings. The van der Waals surface area contributed by atoms with E-state index in [9.17, 15) is 4.79 Å². The zero-order chi connectivity index (χ0) is 8.72. The predicted molar refractivity (Wildman–Crippen MR) is 48.8 cm³/mol. The van der Waals surface area contributed by atoms with E-state index in [2.05, 4.69) is 4.98 Å². The molecule has 0 spiro atoms. The van der Waals surface area contributed by atoms with Crippen LogP contribution in [0.2, 0.25) is 5.02 Å². The number of nitrogens with one attached hydrogen (secondary N) is 1. The van der Waals surface area contributed by atoms with Crippen LogP contribution in [-0.4, -0.2) is 4.98 Å². The maximum Gasteiger partial charge on any atom is 0.249 e. The molecule has 3 heteroatoms. The van der Waals surface area contributed by atoms with Crippen molar-refractivity contribution in [3.8, 4) is 0 Å². The first kappa shape index (κ1) is 7.87. The van der Waals surface area contributed by atoms with Crippen molar-refractivity contribution in [3.63, 3.8) is 0 Å². The van der Waals surface area contributed by atoms with E-state index in [-0.39, 0.29) is 5.56 Å². The van der Waals surface area contributed by atoms with Crippen molar-refractivity contribution in [1.82, 2.24) is 4.98 Å². The Morgan fingerprint density at radius 1 is 1.58 bits per heavy atom. The number of aromatic amines is 1. The minimum absolute atomic E-state index is 0.109. The standard InChI is InChI=1S/C9H10ClNO/c1-5-9(6-2-3-6)7(10)4-8(12)11-5/h4,6H,2-3H2,1H3,(H,11,12). The monoisotopic (exact) mass is 183 g/mol. The summed E-state index contributed by atoms with van der Waals surface area (Å²) in [6.07, 6.45) is 2.40. The van der Waals surface area contributed by atoms with Crippen LogP contribution >= 0.6 is 11.6 Å². The molecule has 0 atom stereocenters. The predicted octanol–water partition coefficient (Wildman–Crippen LogP) is 2.21. The quantitative estimate of drug-likeness (QED) is 0.712. The van der Waals surface area contributed by atoms with Crippen molar-refractivity contribution >= 4 is 11.6 Å². The Labute approximate surface area is 75.6 Å². The molecule has 2 nitrogen and oxygen atoms in total. The van der Waals surface area contributed by atoms with Crippen molar-refractivity contribution < 1.29 is 0 Å². The molecule has 12 heavy (non-hydrogen) atoms. The van der Waals surface area contributed by atoms with E-state index in [1.807, 2.05) is 6.92 Å². The summed E-state index contributed by atoms with van der Waals surface area (Å²) in [6, 6.07) is 1.46. The second-order valence-corrected chi connectivity index (χ2v) is 3.70. The van der Waals surface area contributed by atoms with Gasteiger partial charge in [0.25, 0.3) is 0 Å². The fraction of sp³-hybridized carbons (Fsp3) is 0.444. The average Bonchev–Trinajstić information content (AvgIpc) is 2.68. The summed E-state index contributed by atoms with van der Waals surface area (Å²) in [4.78, 5) is 13.7. The first-order valence-electron chi connectivity index (χ1n) is 4.08. The fourth-order valence-corrected chi connectivity index (χ4v) is 1.93. The van der Waals surface area contributed by atoms with Crippen LogP contribution in [0.15, 0.2) is 10.9 Å². The Kier molecular flexibility index (Phi) is 1.72. The third kappa shape index (κ3) is 1.27. The lowest BCUT2D eigenvalue weighted by Crippen LogP contribution is -2.08. The van der Waals surface area contributed by atoms with E-state index in [0.29, 0.717) is 10.9 Å². The molecule has 0 unspecified atom stereocenters. The lowest BCUT2D eigenvalue weighted by Gasteiger charge is -2.04. The van der Waals surface area contributed by atoms with Gasteiger partial charge in [0, 0.05) is 11.8 Å². The molecule has 0 aromatic carbocycles. The minimum Gasteiger partial charge on any atom is -0.326 e. The summed E-state index contributed by atoms with van der Waals surface area (Å²) in [7, 11) is 0. The number of pyridine rings is 1. The first-order chi connectivity index (χ1) is 5.68. The van der Waals surface area contributed by atoms with E-state index in [0.717, 1.165) is 11.3 Å². The maximum absolute atomic E-state index is 11.0. The van der Waals surface area contributed by atoms with Gasteiger partial charge in [0.15, 0.2) is 0 Å². The van der Waals surface area contributed by atoms with Crippen LogP contribution in [0, 0.1) is 6.92 Å². The SMILES string of the molecule is Cc1[nH]c(=O)cc(Cl)c1C1CC1. The molecule has 1 aromatic heterocycles. The third-order valence-corrected chi connectivity index (χ3v) is 2.53. The topological polar surface area (TPSA) is 32.9 Å². The van der Waals surface area contributed by atoms with Gasteiger partial charge in [-0.3, -0.25) is 4.79 Å². The number of rotatable bonds is 1. The highest BCUT2D eigenvalue weighted by Gasteiger charge is 2.27. The molecule has 1 fully saturated rings. The highest BCUT2D eigenvalue weighted by Crippen LogP contribution is 2.43. The summed E-state index contributed by atoms with van der Waals surface area (Å²) in [5.41, 5.74) is 1.95. The van der Waals surface area contributed by atoms with Crippen molar-refractivity contribution in [2.24, 2.45) is 0 Å². The second kappa shape index (κ2) is 2.63. The van der Waals surface area contributed by atoms with E-state index in [1.165, 1.54) is 18.9 Å². The van der Waals surface area contributed by atoms with Gasteiger partial charge in [-0.05, 0) is 31.2 Å². The second-order valence-electron chi connectivity index (χ2n) is 3.29. The van der Waals surface area contributed by atoms with E-state index >= 15 is 0 Å². The Balaban J connectivity index is 2.58. The first-order valence-corrected chi connectivity index (χ1v) is 4.45. The number of halogens is 1. The molecule has 1 saturated carbocycles. The number of hydrogen-bond donors (Lipinski definition) is 1. The Hall–Kier alpha value is -0.760.